The van der Waals surface area contributed by atoms with Crippen LogP contribution in [-0.2, 0) is 7.05 Å². The number of aryl methyl sites for hydroxylation is 1. The summed E-state index contributed by atoms with van der Waals surface area (Å²) in [5.74, 6) is 1.91. The van der Waals surface area contributed by atoms with Crippen molar-refractivity contribution in [3.05, 3.63) is 12.2 Å². The van der Waals surface area contributed by atoms with Gasteiger partial charge in [0, 0.05) is 13.1 Å². The normalized spacial score (nSPS) is 37.7. The maximum absolute atomic E-state index is 4.24. The largest absolute Gasteiger partial charge is 0.319 e. The van der Waals surface area contributed by atoms with E-state index in [2.05, 4.69) is 43.2 Å². The van der Waals surface area contributed by atoms with Crippen LogP contribution >= 0.6 is 0 Å². The lowest BCUT2D eigenvalue weighted by Crippen LogP contribution is -2.51. The van der Waals surface area contributed by atoms with Gasteiger partial charge in [-0.05, 0) is 42.9 Å². The molecule has 2 fully saturated rings. The summed E-state index contributed by atoms with van der Waals surface area (Å²) in [6.07, 6.45) is 5.93. The van der Waals surface area contributed by atoms with Gasteiger partial charge in [-0.2, -0.15) is 0 Å². The molecule has 1 aromatic rings. The van der Waals surface area contributed by atoms with E-state index in [1.165, 1.54) is 19.3 Å². The van der Waals surface area contributed by atoms with E-state index in [1.807, 2.05) is 11.6 Å². The molecular formula is C15H26N4. The summed E-state index contributed by atoms with van der Waals surface area (Å²) >= 11 is 0. The van der Waals surface area contributed by atoms with E-state index in [0.29, 0.717) is 16.9 Å². The smallest absolute Gasteiger partial charge is 0.149 e. The van der Waals surface area contributed by atoms with Crippen molar-refractivity contribution in [2.45, 2.75) is 59.0 Å². The molecule has 0 aromatic carbocycles. The van der Waals surface area contributed by atoms with Crippen LogP contribution < -0.4 is 5.32 Å². The molecule has 0 saturated heterocycles. The van der Waals surface area contributed by atoms with Crippen LogP contribution in [0.5, 0.6) is 0 Å². The highest BCUT2D eigenvalue weighted by Crippen LogP contribution is 2.62. The van der Waals surface area contributed by atoms with Crippen molar-refractivity contribution in [3.63, 3.8) is 0 Å². The third-order valence-corrected chi connectivity index (χ3v) is 5.82. The molecule has 1 N–H and O–H groups in total. The van der Waals surface area contributed by atoms with E-state index in [4.69, 9.17) is 0 Å². The second kappa shape index (κ2) is 4.05. The van der Waals surface area contributed by atoms with E-state index in [0.717, 1.165) is 11.7 Å². The molecule has 0 amide bonds. The molecule has 4 atom stereocenters. The van der Waals surface area contributed by atoms with Crippen molar-refractivity contribution in [1.29, 1.82) is 0 Å². The van der Waals surface area contributed by atoms with Crippen molar-refractivity contribution in [2.24, 2.45) is 23.8 Å². The van der Waals surface area contributed by atoms with Gasteiger partial charge in [-0.25, -0.2) is 0 Å². The van der Waals surface area contributed by atoms with Gasteiger partial charge >= 0.3 is 0 Å². The number of fused-ring (bicyclic) bond motifs is 2. The average molecular weight is 262 g/mol. The molecule has 1 heterocycles. The van der Waals surface area contributed by atoms with Crippen LogP contribution in [0.1, 0.15) is 58.8 Å². The number of hydrogen-bond donors (Lipinski definition) is 1. The lowest BCUT2D eigenvalue weighted by atomic mass is 9.68. The summed E-state index contributed by atoms with van der Waals surface area (Å²) in [6, 6.07) is 0.832. The van der Waals surface area contributed by atoms with Crippen LogP contribution in [0.2, 0.25) is 0 Å². The van der Waals surface area contributed by atoms with Crippen molar-refractivity contribution in [3.8, 4) is 0 Å². The fourth-order valence-electron chi connectivity index (χ4n) is 4.73. The van der Waals surface area contributed by atoms with Gasteiger partial charge in [0.05, 0.1) is 6.04 Å². The summed E-state index contributed by atoms with van der Waals surface area (Å²) in [7, 11) is 2.02. The summed E-state index contributed by atoms with van der Waals surface area (Å²) in [5.41, 5.74) is 0.848. The summed E-state index contributed by atoms with van der Waals surface area (Å²) < 4.78 is 2.01. The lowest BCUT2D eigenvalue weighted by molar-refractivity contribution is 0.0989. The zero-order valence-corrected chi connectivity index (χ0v) is 12.8. The predicted octanol–water partition coefficient (Wildman–Crippen LogP) is 2.68. The summed E-state index contributed by atoms with van der Waals surface area (Å²) in [4.78, 5) is 0. The monoisotopic (exact) mass is 262 g/mol. The quantitative estimate of drug-likeness (QED) is 0.910. The standard InChI is InChI=1S/C15H26N4/c1-10(12-18-16-9-19(12)5)17-13-14(2,3)11-6-7-15(13,4)8-11/h9-11,13,17H,6-8H2,1-5H3/t10?,11-,13?,15+/m0/s1. The highest BCUT2D eigenvalue weighted by atomic mass is 15.3. The minimum atomic E-state index is 0.257. The molecule has 3 rings (SSSR count). The highest BCUT2D eigenvalue weighted by molar-refractivity contribution is 5.13. The van der Waals surface area contributed by atoms with Crippen LogP contribution in [-0.4, -0.2) is 20.8 Å². The Hall–Kier alpha value is -0.900. The summed E-state index contributed by atoms with van der Waals surface area (Å²) in [5, 5.41) is 12.1. The maximum atomic E-state index is 4.24. The first-order valence-corrected chi connectivity index (χ1v) is 7.44. The Bertz CT molecular complexity index is 473. The SMILES string of the molecule is CC(NC1C(C)(C)[C@H]2CC[C@]1(C)C2)c1nncn1C. The first-order chi connectivity index (χ1) is 8.84. The number of nitrogens with zero attached hydrogens (tertiary/aromatic N) is 3. The minimum Gasteiger partial charge on any atom is -0.319 e. The van der Waals surface area contributed by atoms with Crippen LogP contribution in [0, 0.1) is 16.7 Å². The summed E-state index contributed by atoms with van der Waals surface area (Å²) in [6.45, 7) is 9.53. The second-order valence-corrected chi connectivity index (χ2v) is 7.54. The number of aromatic nitrogens is 3. The zero-order valence-electron chi connectivity index (χ0n) is 12.8. The molecule has 2 unspecified atom stereocenters. The van der Waals surface area contributed by atoms with Gasteiger partial charge in [0.1, 0.15) is 12.2 Å². The molecule has 2 aliphatic carbocycles. The Morgan fingerprint density at radius 2 is 2.16 bits per heavy atom. The number of hydrogen-bond acceptors (Lipinski definition) is 3. The van der Waals surface area contributed by atoms with E-state index in [-0.39, 0.29) is 6.04 Å². The molecule has 2 bridgehead atoms. The Balaban J connectivity index is 1.81. The fraction of sp³-hybridized carbons (Fsp3) is 0.867. The molecule has 0 radical (unpaired) electrons. The van der Waals surface area contributed by atoms with E-state index >= 15 is 0 Å². The maximum Gasteiger partial charge on any atom is 0.149 e. The van der Waals surface area contributed by atoms with Gasteiger partial charge < -0.3 is 9.88 Å². The Labute approximate surface area is 116 Å². The number of rotatable bonds is 3. The molecule has 106 valence electrons. The molecule has 2 saturated carbocycles. The van der Waals surface area contributed by atoms with Crippen molar-refractivity contribution >= 4 is 0 Å². The first-order valence-electron chi connectivity index (χ1n) is 7.44. The Kier molecular flexibility index (Phi) is 2.79. The minimum absolute atomic E-state index is 0.257. The van der Waals surface area contributed by atoms with Crippen molar-refractivity contribution in [1.82, 2.24) is 20.1 Å². The third-order valence-electron chi connectivity index (χ3n) is 5.82. The molecule has 4 nitrogen and oxygen atoms in total. The first kappa shape index (κ1) is 13.1. The van der Waals surface area contributed by atoms with Gasteiger partial charge in [0.15, 0.2) is 0 Å². The van der Waals surface area contributed by atoms with Crippen molar-refractivity contribution in [2.75, 3.05) is 0 Å². The van der Waals surface area contributed by atoms with Gasteiger partial charge in [0.25, 0.3) is 0 Å². The second-order valence-electron chi connectivity index (χ2n) is 7.54. The fourth-order valence-corrected chi connectivity index (χ4v) is 4.73. The molecule has 4 heteroatoms. The topological polar surface area (TPSA) is 42.7 Å². The lowest BCUT2D eigenvalue weighted by Gasteiger charge is -2.44. The van der Waals surface area contributed by atoms with Gasteiger partial charge in [-0.3, -0.25) is 0 Å². The van der Waals surface area contributed by atoms with Crippen LogP contribution in [0.15, 0.2) is 6.33 Å². The van der Waals surface area contributed by atoms with Crippen molar-refractivity contribution < 1.29 is 0 Å². The van der Waals surface area contributed by atoms with Crippen LogP contribution in [0.4, 0.5) is 0 Å². The Morgan fingerprint density at radius 3 is 2.68 bits per heavy atom. The van der Waals surface area contributed by atoms with Crippen LogP contribution in [0.25, 0.3) is 0 Å². The van der Waals surface area contributed by atoms with E-state index in [1.54, 1.807) is 6.33 Å². The van der Waals surface area contributed by atoms with Crippen LogP contribution in [0.3, 0.4) is 0 Å². The Morgan fingerprint density at radius 1 is 1.42 bits per heavy atom. The van der Waals surface area contributed by atoms with E-state index < -0.39 is 0 Å². The number of nitrogens with one attached hydrogen (secondary N) is 1. The average Bonchev–Trinajstić information content (AvgIpc) is 2.95. The molecule has 0 spiro atoms. The molecule has 0 aliphatic heterocycles. The van der Waals surface area contributed by atoms with Gasteiger partial charge in [-0.15, -0.1) is 10.2 Å². The molecule has 2 aliphatic rings. The van der Waals surface area contributed by atoms with Gasteiger partial charge in [-0.1, -0.05) is 20.8 Å². The predicted molar refractivity (Wildman–Crippen MR) is 75.6 cm³/mol. The van der Waals surface area contributed by atoms with E-state index in [9.17, 15) is 0 Å². The molecule has 1 aromatic heterocycles. The molecule has 19 heavy (non-hydrogen) atoms. The highest BCUT2D eigenvalue weighted by Gasteiger charge is 2.59. The third kappa shape index (κ3) is 1.83. The van der Waals surface area contributed by atoms with Gasteiger partial charge in [0.2, 0.25) is 0 Å². The zero-order chi connectivity index (χ0) is 13.8. The molecular weight excluding hydrogens is 236 g/mol.